The van der Waals surface area contributed by atoms with Gasteiger partial charge in [-0.2, -0.15) is 11.8 Å². The third-order valence-electron chi connectivity index (χ3n) is 3.41. The summed E-state index contributed by atoms with van der Waals surface area (Å²) in [6, 6.07) is 0. The number of rotatable bonds is 5. The molecule has 1 rings (SSSR count). The van der Waals surface area contributed by atoms with E-state index in [1.165, 1.54) is 6.42 Å². The van der Waals surface area contributed by atoms with E-state index in [9.17, 15) is 4.79 Å². The Hall–Kier alpha value is -1.11. The predicted molar refractivity (Wildman–Crippen MR) is 98.3 cm³/mol. The molecule has 0 saturated carbocycles. The van der Waals surface area contributed by atoms with Gasteiger partial charge in [0.25, 0.3) is 0 Å². The van der Waals surface area contributed by atoms with Gasteiger partial charge in [0.15, 0.2) is 5.96 Å². The molecule has 1 fully saturated rings. The number of hydrogen-bond acceptors (Lipinski definition) is 4. The van der Waals surface area contributed by atoms with Crippen molar-refractivity contribution in [3.63, 3.8) is 0 Å². The van der Waals surface area contributed by atoms with Crippen LogP contribution in [0.4, 0.5) is 4.79 Å². The smallest absolute Gasteiger partial charge is 0.407 e. The Morgan fingerprint density at radius 3 is 2.65 bits per heavy atom. The van der Waals surface area contributed by atoms with Crippen LogP contribution in [0.15, 0.2) is 4.99 Å². The second kappa shape index (κ2) is 9.90. The number of hydrogen-bond donors (Lipinski definition) is 2. The summed E-state index contributed by atoms with van der Waals surface area (Å²) in [6.07, 6.45) is 1.66. The molecule has 0 aromatic heterocycles. The Balaban J connectivity index is 2.22. The second-order valence-corrected chi connectivity index (χ2v) is 8.01. The lowest BCUT2D eigenvalue weighted by Gasteiger charge is -2.34. The zero-order chi connectivity index (χ0) is 17.3. The van der Waals surface area contributed by atoms with Gasteiger partial charge in [-0.05, 0) is 33.6 Å². The van der Waals surface area contributed by atoms with Crippen LogP contribution in [0.3, 0.4) is 0 Å². The van der Waals surface area contributed by atoms with Gasteiger partial charge in [0.2, 0.25) is 0 Å². The van der Waals surface area contributed by atoms with Crippen molar-refractivity contribution in [3.05, 3.63) is 0 Å². The van der Waals surface area contributed by atoms with Gasteiger partial charge in [-0.1, -0.05) is 6.92 Å². The van der Waals surface area contributed by atoms with Gasteiger partial charge in [0.1, 0.15) is 5.60 Å². The minimum absolute atomic E-state index is 0.360. The maximum atomic E-state index is 11.5. The molecule has 23 heavy (non-hydrogen) atoms. The van der Waals surface area contributed by atoms with E-state index in [1.54, 1.807) is 0 Å². The molecule has 134 valence electrons. The van der Waals surface area contributed by atoms with Crippen molar-refractivity contribution in [1.82, 2.24) is 15.5 Å². The maximum Gasteiger partial charge on any atom is 0.407 e. The normalized spacial score (nSPS) is 19.4. The first kappa shape index (κ1) is 19.9. The molecule has 1 atom stereocenters. The van der Waals surface area contributed by atoms with E-state index in [0.717, 1.165) is 37.8 Å². The van der Waals surface area contributed by atoms with Gasteiger partial charge in [-0.3, -0.25) is 4.99 Å². The zero-order valence-corrected chi connectivity index (χ0v) is 16.0. The van der Waals surface area contributed by atoms with Crippen molar-refractivity contribution >= 4 is 23.8 Å². The minimum Gasteiger partial charge on any atom is -0.444 e. The van der Waals surface area contributed by atoms with Crippen LogP contribution in [0.25, 0.3) is 0 Å². The average molecular weight is 345 g/mol. The van der Waals surface area contributed by atoms with E-state index in [1.807, 2.05) is 39.6 Å². The second-order valence-electron chi connectivity index (χ2n) is 6.60. The van der Waals surface area contributed by atoms with Gasteiger partial charge < -0.3 is 20.3 Å². The molecule has 1 aliphatic rings. The zero-order valence-electron chi connectivity index (χ0n) is 15.1. The van der Waals surface area contributed by atoms with E-state index in [4.69, 9.17) is 4.74 Å². The van der Waals surface area contributed by atoms with E-state index >= 15 is 0 Å². The molecule has 7 heteroatoms. The van der Waals surface area contributed by atoms with Crippen LogP contribution >= 0.6 is 11.8 Å². The average Bonchev–Trinajstić information content (AvgIpc) is 2.49. The minimum atomic E-state index is -0.452. The molecule has 1 amide bonds. The molecule has 6 nitrogen and oxygen atoms in total. The number of alkyl carbamates (subject to hydrolysis) is 1. The molecule has 0 bridgehead atoms. The molecule has 1 aliphatic heterocycles. The van der Waals surface area contributed by atoms with Crippen molar-refractivity contribution in [1.29, 1.82) is 0 Å². The topological polar surface area (TPSA) is 66.0 Å². The highest BCUT2D eigenvalue weighted by molar-refractivity contribution is 8.00. The fraction of sp³-hybridized carbons (Fsp3) is 0.875. The van der Waals surface area contributed by atoms with Crippen molar-refractivity contribution in [2.75, 3.05) is 39.0 Å². The highest BCUT2D eigenvalue weighted by Gasteiger charge is 2.21. The fourth-order valence-electron chi connectivity index (χ4n) is 2.28. The summed E-state index contributed by atoms with van der Waals surface area (Å²) in [6.45, 7) is 11.3. The number of nitrogens with one attached hydrogen (secondary N) is 2. The SMILES string of the molecule is CCC1CN(C(=NC)NCCCNC(=O)OC(C)(C)C)CCS1. The summed E-state index contributed by atoms with van der Waals surface area (Å²) >= 11 is 2.05. The lowest BCUT2D eigenvalue weighted by atomic mass is 10.2. The van der Waals surface area contributed by atoms with Gasteiger partial charge in [0, 0.05) is 44.2 Å². The van der Waals surface area contributed by atoms with Crippen molar-refractivity contribution in [2.24, 2.45) is 4.99 Å². The molecule has 0 radical (unpaired) electrons. The first-order valence-electron chi connectivity index (χ1n) is 8.39. The van der Waals surface area contributed by atoms with Crippen LogP contribution in [-0.2, 0) is 4.74 Å². The number of nitrogens with zero attached hydrogens (tertiary/aromatic N) is 2. The van der Waals surface area contributed by atoms with E-state index in [-0.39, 0.29) is 6.09 Å². The standard InChI is InChI=1S/C16H32N4O2S/c1-6-13-12-20(10-11-23-13)14(17-5)18-8-7-9-19-15(21)22-16(2,3)4/h13H,6-12H2,1-5H3,(H,17,18)(H,19,21). The summed E-state index contributed by atoms with van der Waals surface area (Å²) in [4.78, 5) is 18.2. The van der Waals surface area contributed by atoms with Gasteiger partial charge in [-0.15, -0.1) is 0 Å². The molecule has 0 aromatic carbocycles. The number of guanidine groups is 1. The maximum absolute atomic E-state index is 11.5. The monoisotopic (exact) mass is 344 g/mol. The molecule has 1 heterocycles. The van der Waals surface area contributed by atoms with Crippen molar-refractivity contribution < 1.29 is 9.53 Å². The number of ether oxygens (including phenoxy) is 1. The Bertz CT molecular complexity index is 396. The lowest BCUT2D eigenvalue weighted by molar-refractivity contribution is 0.0527. The quantitative estimate of drug-likeness (QED) is 0.455. The molecular formula is C16H32N4O2S. The molecule has 0 aromatic rings. The number of carbonyl (C=O) groups excluding carboxylic acids is 1. The van der Waals surface area contributed by atoms with Crippen LogP contribution in [0.1, 0.15) is 40.5 Å². The Labute approximate surface area is 144 Å². The van der Waals surface area contributed by atoms with Crippen LogP contribution in [-0.4, -0.2) is 66.8 Å². The number of carbonyl (C=O) groups is 1. The highest BCUT2D eigenvalue weighted by atomic mass is 32.2. The summed E-state index contributed by atoms with van der Waals surface area (Å²) in [5.74, 6) is 2.11. The third kappa shape index (κ3) is 8.34. The summed E-state index contributed by atoms with van der Waals surface area (Å²) < 4.78 is 5.20. The Kier molecular flexibility index (Phi) is 8.58. The Morgan fingerprint density at radius 2 is 2.04 bits per heavy atom. The van der Waals surface area contributed by atoms with Gasteiger partial charge >= 0.3 is 6.09 Å². The molecular weight excluding hydrogens is 312 g/mol. The fourth-order valence-corrected chi connectivity index (χ4v) is 3.46. The highest BCUT2D eigenvalue weighted by Crippen LogP contribution is 2.20. The van der Waals surface area contributed by atoms with Gasteiger partial charge in [-0.25, -0.2) is 4.79 Å². The Morgan fingerprint density at radius 1 is 1.35 bits per heavy atom. The van der Waals surface area contributed by atoms with Crippen molar-refractivity contribution in [3.8, 4) is 0 Å². The molecule has 1 unspecified atom stereocenters. The van der Waals surface area contributed by atoms with Crippen molar-refractivity contribution in [2.45, 2.75) is 51.4 Å². The third-order valence-corrected chi connectivity index (χ3v) is 4.78. The lowest BCUT2D eigenvalue weighted by Crippen LogP contribution is -2.48. The van der Waals surface area contributed by atoms with Crippen LogP contribution in [0.5, 0.6) is 0 Å². The molecule has 1 saturated heterocycles. The summed E-state index contributed by atoms with van der Waals surface area (Å²) in [5, 5.41) is 6.84. The van der Waals surface area contributed by atoms with E-state index in [2.05, 4.69) is 27.4 Å². The largest absolute Gasteiger partial charge is 0.444 e. The van der Waals surface area contributed by atoms with Gasteiger partial charge in [0.05, 0.1) is 0 Å². The first-order valence-corrected chi connectivity index (χ1v) is 9.44. The molecule has 2 N–H and O–H groups in total. The van der Waals surface area contributed by atoms with Crippen LogP contribution in [0.2, 0.25) is 0 Å². The van der Waals surface area contributed by atoms with E-state index < -0.39 is 5.60 Å². The number of amides is 1. The van der Waals surface area contributed by atoms with Crippen LogP contribution < -0.4 is 10.6 Å². The molecule has 0 spiro atoms. The van der Waals surface area contributed by atoms with E-state index in [0.29, 0.717) is 11.8 Å². The molecule has 0 aliphatic carbocycles. The summed E-state index contributed by atoms with van der Waals surface area (Å²) in [5.41, 5.74) is -0.452. The number of aliphatic imine (C=N–C) groups is 1. The number of thioether (sulfide) groups is 1. The van der Waals surface area contributed by atoms with Crippen LogP contribution in [0, 0.1) is 0 Å². The predicted octanol–water partition coefficient (Wildman–Crippen LogP) is 2.30. The summed E-state index contributed by atoms with van der Waals surface area (Å²) in [7, 11) is 1.82. The first-order chi connectivity index (χ1) is 10.9.